The van der Waals surface area contributed by atoms with E-state index in [1.165, 1.54) is 19.2 Å². The van der Waals surface area contributed by atoms with Gasteiger partial charge >= 0.3 is 10.4 Å². The molecular weight excluding hydrogens is 366 g/mol. The number of amides is 2. The van der Waals surface area contributed by atoms with Gasteiger partial charge in [-0.2, -0.15) is 13.5 Å². The number of carbonyl (C=O) groups excluding carboxylic acids is 2. The maximum absolute atomic E-state index is 12.2. The van der Waals surface area contributed by atoms with Gasteiger partial charge in [-0.25, -0.2) is 4.98 Å². The molecule has 1 saturated heterocycles. The van der Waals surface area contributed by atoms with Crippen molar-refractivity contribution in [3.8, 4) is 0 Å². The Labute approximate surface area is 139 Å². The average molecular weight is 379 g/mol. The molecule has 1 aliphatic heterocycles. The van der Waals surface area contributed by atoms with Gasteiger partial charge in [0.05, 0.1) is 5.54 Å². The molecule has 132 valence electrons. The average Bonchev–Trinajstić information content (AvgIpc) is 2.88. The van der Waals surface area contributed by atoms with Crippen LogP contribution in [0.4, 0.5) is 5.13 Å². The maximum atomic E-state index is 12.2. The zero-order valence-corrected chi connectivity index (χ0v) is 14.0. The number of hydroxylamine groups is 2. The molecule has 1 fully saturated rings. The number of thiazole rings is 1. The quantitative estimate of drug-likeness (QED) is 0.159. The molecule has 1 aromatic heterocycles. The monoisotopic (exact) mass is 379 g/mol. The van der Waals surface area contributed by atoms with Crippen LogP contribution in [0.15, 0.2) is 10.5 Å². The van der Waals surface area contributed by atoms with E-state index in [9.17, 15) is 18.0 Å². The summed E-state index contributed by atoms with van der Waals surface area (Å²) < 4.78 is 34.2. The molecule has 0 radical (unpaired) electrons. The summed E-state index contributed by atoms with van der Waals surface area (Å²) >= 11 is 1.02. The first-order valence-corrected chi connectivity index (χ1v) is 8.47. The predicted molar refractivity (Wildman–Crippen MR) is 80.3 cm³/mol. The van der Waals surface area contributed by atoms with Crippen LogP contribution >= 0.6 is 11.3 Å². The number of nitrogen functional groups attached to an aromatic ring is 1. The lowest BCUT2D eigenvalue weighted by molar-refractivity contribution is -0.218. The molecule has 12 nitrogen and oxygen atoms in total. The Hall–Kier alpha value is -2.29. The standard InChI is InChI=1S/C10H13N5O7S2/c1-10(2)6(8(17)15(10)22-24(19,20)21)13-7(16)5(14-18)4-3-23-9(11)12-4/h3,6,18H,1-2H3,(H2,11,12)(H,13,16)(H,19,20,21)/b14-5-/t6-/m1/s1. The van der Waals surface area contributed by atoms with Crippen LogP contribution in [0.1, 0.15) is 19.5 Å². The molecule has 1 aliphatic rings. The fraction of sp³-hybridized carbons (Fsp3) is 0.400. The Morgan fingerprint density at radius 1 is 1.58 bits per heavy atom. The maximum Gasteiger partial charge on any atom is 0.418 e. The number of rotatable bonds is 5. The topological polar surface area (TPSA) is 185 Å². The van der Waals surface area contributed by atoms with Crippen molar-refractivity contribution in [2.24, 2.45) is 5.16 Å². The second-order valence-corrected chi connectivity index (χ2v) is 7.11. The molecule has 14 heteroatoms. The first kappa shape index (κ1) is 18.1. The molecule has 24 heavy (non-hydrogen) atoms. The third-order valence-corrected chi connectivity index (χ3v) is 4.21. The summed E-state index contributed by atoms with van der Waals surface area (Å²) in [6, 6.07) is -1.18. The number of aromatic nitrogens is 1. The van der Waals surface area contributed by atoms with Crippen LogP contribution in [0.5, 0.6) is 0 Å². The molecule has 0 unspecified atom stereocenters. The third kappa shape index (κ3) is 3.30. The van der Waals surface area contributed by atoms with Gasteiger partial charge in [0.1, 0.15) is 11.7 Å². The highest BCUT2D eigenvalue weighted by Gasteiger charge is 2.58. The predicted octanol–water partition coefficient (Wildman–Crippen LogP) is -1.26. The van der Waals surface area contributed by atoms with E-state index in [1.807, 2.05) is 0 Å². The fourth-order valence-corrected chi connectivity index (χ4v) is 3.03. The van der Waals surface area contributed by atoms with Crippen molar-refractivity contribution >= 4 is 44.4 Å². The minimum atomic E-state index is -4.90. The third-order valence-electron chi connectivity index (χ3n) is 3.20. The SMILES string of the molecule is CC1(C)[C@H](NC(=O)/C(=N\O)c2csc(N)n2)C(=O)N1OS(=O)(=O)O. The number of β-lactam (4-membered cyclic amide) rings is 1. The number of nitrogens with one attached hydrogen (secondary N) is 1. The number of carbonyl (C=O) groups is 2. The number of oxime groups is 1. The largest absolute Gasteiger partial charge is 0.418 e. The molecule has 2 amide bonds. The van der Waals surface area contributed by atoms with Gasteiger partial charge < -0.3 is 16.3 Å². The number of hydrogen-bond donors (Lipinski definition) is 4. The Balaban J connectivity index is 2.14. The zero-order chi connectivity index (χ0) is 18.3. The van der Waals surface area contributed by atoms with E-state index in [4.69, 9.17) is 15.5 Å². The fourth-order valence-electron chi connectivity index (χ4n) is 2.03. The van der Waals surface area contributed by atoms with Gasteiger partial charge in [-0.05, 0) is 13.8 Å². The van der Waals surface area contributed by atoms with E-state index < -0.39 is 39.5 Å². The minimum absolute atomic E-state index is 0.00752. The summed E-state index contributed by atoms with van der Waals surface area (Å²) in [5.41, 5.74) is 3.68. The van der Waals surface area contributed by atoms with Gasteiger partial charge in [0, 0.05) is 5.38 Å². The van der Waals surface area contributed by atoms with Crippen LogP contribution in [0.2, 0.25) is 0 Å². The number of nitrogens with zero attached hydrogens (tertiary/aromatic N) is 3. The van der Waals surface area contributed by atoms with E-state index >= 15 is 0 Å². The molecule has 0 spiro atoms. The van der Waals surface area contributed by atoms with Gasteiger partial charge in [0.2, 0.25) is 0 Å². The number of anilines is 1. The van der Waals surface area contributed by atoms with Gasteiger partial charge in [-0.3, -0.25) is 14.1 Å². The normalized spacial score (nSPS) is 20.6. The van der Waals surface area contributed by atoms with Crippen molar-refractivity contribution in [1.29, 1.82) is 0 Å². The Morgan fingerprint density at radius 3 is 2.62 bits per heavy atom. The second kappa shape index (κ2) is 5.97. The highest BCUT2D eigenvalue weighted by Crippen LogP contribution is 2.32. The van der Waals surface area contributed by atoms with Gasteiger partial charge in [-0.15, -0.1) is 15.6 Å². The van der Waals surface area contributed by atoms with Crippen LogP contribution in [0, 0.1) is 0 Å². The molecular formula is C10H13N5O7S2. The molecule has 5 N–H and O–H groups in total. The molecule has 0 aromatic carbocycles. The van der Waals surface area contributed by atoms with Crippen LogP contribution in [0.3, 0.4) is 0 Å². The summed E-state index contributed by atoms with van der Waals surface area (Å²) in [7, 11) is -4.90. The van der Waals surface area contributed by atoms with Crippen molar-refractivity contribution in [2.75, 3.05) is 5.73 Å². The lowest BCUT2D eigenvalue weighted by Crippen LogP contribution is -2.76. The van der Waals surface area contributed by atoms with Crippen molar-refractivity contribution < 1.29 is 32.1 Å². The van der Waals surface area contributed by atoms with Crippen molar-refractivity contribution in [3.63, 3.8) is 0 Å². The molecule has 0 saturated carbocycles. The zero-order valence-electron chi connectivity index (χ0n) is 12.3. The Bertz CT molecular complexity index is 815. The van der Waals surface area contributed by atoms with E-state index in [1.54, 1.807) is 0 Å². The van der Waals surface area contributed by atoms with E-state index in [0.29, 0.717) is 5.06 Å². The van der Waals surface area contributed by atoms with Crippen LogP contribution in [0.25, 0.3) is 0 Å². The van der Waals surface area contributed by atoms with E-state index in [-0.39, 0.29) is 10.8 Å². The molecule has 0 aliphatic carbocycles. The van der Waals surface area contributed by atoms with Crippen LogP contribution in [-0.4, -0.2) is 57.3 Å². The summed E-state index contributed by atoms with van der Waals surface area (Å²) in [6.45, 7) is 2.78. The van der Waals surface area contributed by atoms with Crippen molar-refractivity contribution in [2.45, 2.75) is 25.4 Å². The molecule has 2 rings (SSSR count). The second-order valence-electron chi connectivity index (χ2n) is 5.21. The first-order chi connectivity index (χ1) is 11.0. The number of hydrogen-bond acceptors (Lipinski definition) is 10. The highest BCUT2D eigenvalue weighted by atomic mass is 32.3. The van der Waals surface area contributed by atoms with Crippen molar-refractivity contribution in [3.05, 3.63) is 11.1 Å². The molecule has 0 bridgehead atoms. The van der Waals surface area contributed by atoms with Crippen LogP contribution in [-0.2, 0) is 24.3 Å². The smallest absolute Gasteiger partial charge is 0.410 e. The molecule has 1 atom stereocenters. The minimum Gasteiger partial charge on any atom is -0.410 e. The van der Waals surface area contributed by atoms with Gasteiger partial charge in [-0.1, -0.05) is 5.16 Å². The lowest BCUT2D eigenvalue weighted by atomic mass is 9.84. The molecule has 1 aromatic rings. The van der Waals surface area contributed by atoms with Crippen molar-refractivity contribution in [1.82, 2.24) is 15.4 Å². The number of nitrogens with two attached hydrogens (primary N) is 1. The summed E-state index contributed by atoms with van der Waals surface area (Å²) in [5.74, 6) is -1.85. The van der Waals surface area contributed by atoms with Crippen LogP contribution < -0.4 is 11.1 Å². The van der Waals surface area contributed by atoms with E-state index in [0.717, 1.165) is 11.3 Å². The summed E-state index contributed by atoms with van der Waals surface area (Å²) in [6.07, 6.45) is 0. The summed E-state index contributed by atoms with van der Waals surface area (Å²) in [5, 5.41) is 16.0. The Morgan fingerprint density at radius 2 is 2.21 bits per heavy atom. The molecule has 2 heterocycles. The van der Waals surface area contributed by atoms with Gasteiger partial charge in [0.25, 0.3) is 11.8 Å². The Kier molecular flexibility index (Phi) is 4.49. The highest BCUT2D eigenvalue weighted by molar-refractivity contribution is 7.80. The summed E-state index contributed by atoms with van der Waals surface area (Å²) in [4.78, 5) is 27.9. The van der Waals surface area contributed by atoms with E-state index in [2.05, 4.69) is 19.7 Å². The van der Waals surface area contributed by atoms with Gasteiger partial charge in [0.15, 0.2) is 10.8 Å². The lowest BCUT2D eigenvalue weighted by Gasteiger charge is -2.50. The first-order valence-electron chi connectivity index (χ1n) is 6.22.